The molecule has 2 aromatic rings. The molecule has 1 N–H and O–H groups in total. The van der Waals surface area contributed by atoms with Crippen molar-refractivity contribution in [2.24, 2.45) is 0 Å². The Bertz CT molecular complexity index is 758. The Labute approximate surface area is 137 Å². The third-order valence-corrected chi connectivity index (χ3v) is 5.12. The molecule has 0 heterocycles. The zero-order valence-corrected chi connectivity index (χ0v) is 14.3. The van der Waals surface area contributed by atoms with Gasteiger partial charge in [0.25, 0.3) is 0 Å². The first-order valence-corrected chi connectivity index (χ1v) is 8.72. The Morgan fingerprint density at radius 3 is 2.22 bits per heavy atom. The topological polar surface area (TPSA) is 64.6 Å². The van der Waals surface area contributed by atoms with Gasteiger partial charge in [0.05, 0.1) is 19.1 Å². The minimum absolute atomic E-state index is 0.197. The van der Waals surface area contributed by atoms with E-state index in [-0.39, 0.29) is 4.90 Å². The zero-order valence-electron chi connectivity index (χ0n) is 13.5. The number of ether oxygens (including phenoxy) is 2. The van der Waals surface area contributed by atoms with Crippen LogP contribution in [0.5, 0.6) is 11.5 Å². The van der Waals surface area contributed by atoms with E-state index < -0.39 is 10.0 Å². The van der Waals surface area contributed by atoms with Crippen molar-refractivity contribution >= 4 is 10.0 Å². The average molecular weight is 335 g/mol. The number of nitrogens with one attached hydrogen (secondary N) is 1. The van der Waals surface area contributed by atoms with E-state index in [0.29, 0.717) is 30.0 Å². The predicted octanol–water partition coefficient (Wildman–Crippen LogP) is 2.53. The van der Waals surface area contributed by atoms with Gasteiger partial charge >= 0.3 is 0 Å². The first kappa shape index (κ1) is 17.3. The largest absolute Gasteiger partial charge is 0.493 e. The molecule has 0 fully saturated rings. The van der Waals surface area contributed by atoms with Crippen molar-refractivity contribution in [1.29, 1.82) is 0 Å². The van der Waals surface area contributed by atoms with Crippen LogP contribution in [0.2, 0.25) is 0 Å². The summed E-state index contributed by atoms with van der Waals surface area (Å²) in [5, 5.41) is 0. The predicted molar refractivity (Wildman–Crippen MR) is 89.6 cm³/mol. The van der Waals surface area contributed by atoms with E-state index in [1.807, 2.05) is 30.3 Å². The molecule has 5 nitrogen and oxygen atoms in total. The van der Waals surface area contributed by atoms with Crippen molar-refractivity contribution in [3.05, 3.63) is 53.6 Å². The van der Waals surface area contributed by atoms with Crippen LogP contribution in [-0.2, 0) is 16.4 Å². The van der Waals surface area contributed by atoms with Crippen molar-refractivity contribution in [3.8, 4) is 11.5 Å². The molecule has 6 heteroatoms. The minimum atomic E-state index is -3.60. The number of methoxy groups -OCH3 is 2. The van der Waals surface area contributed by atoms with Gasteiger partial charge in [0.1, 0.15) is 0 Å². The van der Waals surface area contributed by atoms with Crippen LogP contribution < -0.4 is 14.2 Å². The Morgan fingerprint density at radius 1 is 1.00 bits per heavy atom. The van der Waals surface area contributed by atoms with E-state index in [2.05, 4.69) is 4.72 Å². The van der Waals surface area contributed by atoms with Gasteiger partial charge in [0.15, 0.2) is 11.5 Å². The van der Waals surface area contributed by atoms with Crippen LogP contribution in [0.15, 0.2) is 47.4 Å². The summed E-state index contributed by atoms with van der Waals surface area (Å²) in [5.41, 5.74) is 1.69. The maximum absolute atomic E-state index is 12.5. The molecule has 0 saturated heterocycles. The molecular weight excluding hydrogens is 314 g/mol. The molecule has 0 unspecified atom stereocenters. The Hall–Kier alpha value is -2.05. The van der Waals surface area contributed by atoms with Crippen molar-refractivity contribution in [2.45, 2.75) is 18.2 Å². The van der Waals surface area contributed by atoms with E-state index in [4.69, 9.17) is 9.47 Å². The minimum Gasteiger partial charge on any atom is -0.493 e. The number of rotatable bonds is 7. The summed E-state index contributed by atoms with van der Waals surface area (Å²) in [4.78, 5) is 0.197. The van der Waals surface area contributed by atoms with Crippen LogP contribution in [0.25, 0.3) is 0 Å². The van der Waals surface area contributed by atoms with Gasteiger partial charge in [-0.15, -0.1) is 0 Å². The number of aryl methyl sites for hydroxylation is 1. The molecule has 0 atom stereocenters. The number of sulfonamides is 1. The molecule has 2 rings (SSSR count). The van der Waals surface area contributed by atoms with E-state index in [1.165, 1.54) is 20.3 Å². The molecule has 0 bridgehead atoms. The third kappa shape index (κ3) is 4.24. The Kier molecular flexibility index (Phi) is 5.63. The van der Waals surface area contributed by atoms with Crippen molar-refractivity contribution in [3.63, 3.8) is 0 Å². The summed E-state index contributed by atoms with van der Waals surface area (Å²) in [5.74, 6) is 0.898. The number of hydrogen-bond donors (Lipinski definition) is 1. The molecule has 0 aliphatic carbocycles. The zero-order chi connectivity index (χ0) is 16.9. The first-order chi connectivity index (χ1) is 11.0. The SMILES string of the molecule is COc1cc(C)c(S(=O)(=O)NCCc2ccccc2)cc1OC. The average Bonchev–Trinajstić information content (AvgIpc) is 2.55. The monoisotopic (exact) mass is 335 g/mol. The van der Waals surface area contributed by atoms with Gasteiger partial charge in [-0.25, -0.2) is 13.1 Å². The summed E-state index contributed by atoms with van der Waals surface area (Å²) in [6.07, 6.45) is 0.631. The van der Waals surface area contributed by atoms with Gasteiger partial charge in [0, 0.05) is 12.6 Å². The van der Waals surface area contributed by atoms with Gasteiger partial charge < -0.3 is 9.47 Å². The molecule has 0 aliphatic rings. The summed E-state index contributed by atoms with van der Waals surface area (Å²) in [6, 6.07) is 12.9. The highest BCUT2D eigenvalue weighted by Crippen LogP contribution is 2.32. The molecule has 0 saturated carbocycles. The van der Waals surface area contributed by atoms with E-state index in [1.54, 1.807) is 13.0 Å². The highest BCUT2D eigenvalue weighted by Gasteiger charge is 2.19. The van der Waals surface area contributed by atoms with Crippen molar-refractivity contribution in [2.75, 3.05) is 20.8 Å². The number of benzene rings is 2. The second-order valence-electron chi connectivity index (χ2n) is 5.11. The Morgan fingerprint density at radius 2 is 1.61 bits per heavy atom. The van der Waals surface area contributed by atoms with E-state index in [9.17, 15) is 8.42 Å². The molecule has 0 aromatic heterocycles. The quantitative estimate of drug-likeness (QED) is 0.844. The van der Waals surface area contributed by atoms with Gasteiger partial charge in [-0.3, -0.25) is 0 Å². The summed E-state index contributed by atoms with van der Waals surface area (Å²) < 4.78 is 38.0. The normalized spacial score (nSPS) is 11.3. The highest BCUT2D eigenvalue weighted by atomic mass is 32.2. The van der Waals surface area contributed by atoms with E-state index in [0.717, 1.165) is 5.56 Å². The lowest BCUT2D eigenvalue weighted by molar-refractivity contribution is 0.353. The maximum atomic E-state index is 12.5. The van der Waals surface area contributed by atoms with Crippen molar-refractivity contribution in [1.82, 2.24) is 4.72 Å². The molecule has 0 aliphatic heterocycles. The van der Waals surface area contributed by atoms with E-state index >= 15 is 0 Å². The first-order valence-electron chi connectivity index (χ1n) is 7.24. The summed E-state index contributed by atoms with van der Waals surface area (Å²) in [6.45, 7) is 2.06. The highest BCUT2D eigenvalue weighted by molar-refractivity contribution is 7.89. The summed E-state index contributed by atoms with van der Waals surface area (Å²) >= 11 is 0. The molecule has 0 amide bonds. The van der Waals surface area contributed by atoms with Crippen LogP contribution in [0.4, 0.5) is 0 Å². The standard InChI is InChI=1S/C17H21NO4S/c1-13-11-15(21-2)16(22-3)12-17(13)23(19,20)18-10-9-14-7-5-4-6-8-14/h4-8,11-12,18H,9-10H2,1-3H3. The fraction of sp³-hybridized carbons (Fsp3) is 0.294. The van der Waals surface area contributed by atoms with Crippen LogP contribution in [0, 0.1) is 6.92 Å². The lowest BCUT2D eigenvalue weighted by atomic mass is 10.2. The molecule has 0 spiro atoms. The van der Waals surface area contributed by atoms with Gasteiger partial charge in [-0.2, -0.15) is 0 Å². The molecule has 124 valence electrons. The molecule has 2 aromatic carbocycles. The molecule has 23 heavy (non-hydrogen) atoms. The lowest BCUT2D eigenvalue weighted by Gasteiger charge is -2.13. The van der Waals surface area contributed by atoms with Crippen LogP contribution in [0.3, 0.4) is 0 Å². The third-order valence-electron chi connectivity index (χ3n) is 3.52. The second-order valence-corrected chi connectivity index (χ2v) is 6.84. The summed E-state index contributed by atoms with van der Waals surface area (Å²) in [7, 11) is -0.608. The van der Waals surface area contributed by atoms with Gasteiger partial charge in [0.2, 0.25) is 10.0 Å². The van der Waals surface area contributed by atoms with Crippen LogP contribution >= 0.6 is 0 Å². The fourth-order valence-electron chi connectivity index (χ4n) is 2.30. The van der Waals surface area contributed by atoms with Crippen LogP contribution in [0.1, 0.15) is 11.1 Å². The fourth-order valence-corrected chi connectivity index (χ4v) is 3.57. The molecular formula is C17H21NO4S. The Balaban J connectivity index is 2.16. The smallest absolute Gasteiger partial charge is 0.240 e. The maximum Gasteiger partial charge on any atom is 0.240 e. The second kappa shape index (κ2) is 7.48. The van der Waals surface area contributed by atoms with Gasteiger partial charge in [-0.1, -0.05) is 30.3 Å². The van der Waals surface area contributed by atoms with Crippen LogP contribution in [-0.4, -0.2) is 29.2 Å². The lowest BCUT2D eigenvalue weighted by Crippen LogP contribution is -2.26. The number of hydrogen-bond acceptors (Lipinski definition) is 4. The van der Waals surface area contributed by atoms with Crippen molar-refractivity contribution < 1.29 is 17.9 Å². The van der Waals surface area contributed by atoms with Gasteiger partial charge in [-0.05, 0) is 30.5 Å². The molecule has 0 radical (unpaired) electrons.